The molecule has 1 spiro atoms. The zero-order valence-corrected chi connectivity index (χ0v) is 14.4. The molecule has 0 bridgehead atoms. The lowest BCUT2D eigenvalue weighted by Gasteiger charge is -2.51. The third-order valence-electron chi connectivity index (χ3n) is 5.59. The summed E-state index contributed by atoms with van der Waals surface area (Å²) in [5, 5.41) is 13.9. The highest BCUT2D eigenvalue weighted by molar-refractivity contribution is 5.77. The van der Waals surface area contributed by atoms with Gasteiger partial charge in [-0.05, 0) is 29.8 Å². The Labute approximate surface area is 141 Å². The maximum atomic E-state index is 12.0. The maximum absolute atomic E-state index is 12.0. The van der Waals surface area contributed by atoms with E-state index in [1.165, 1.54) is 0 Å². The van der Waals surface area contributed by atoms with Gasteiger partial charge in [0.15, 0.2) is 0 Å². The van der Waals surface area contributed by atoms with Crippen molar-refractivity contribution >= 4 is 11.9 Å². The number of rotatable bonds is 4. The molecule has 1 aromatic heterocycles. The van der Waals surface area contributed by atoms with Gasteiger partial charge in [-0.3, -0.25) is 4.79 Å². The van der Waals surface area contributed by atoms with Crippen molar-refractivity contribution in [3.63, 3.8) is 0 Å². The van der Waals surface area contributed by atoms with E-state index in [0.717, 1.165) is 45.4 Å². The lowest BCUT2D eigenvalue weighted by molar-refractivity contribution is -0.138. The molecule has 1 N–H and O–H groups in total. The Hall–Kier alpha value is -1.67. The molecule has 1 atom stereocenters. The number of hydrogen-bond acceptors (Lipinski definition) is 7. The van der Waals surface area contributed by atoms with Gasteiger partial charge in [-0.1, -0.05) is 0 Å². The fraction of sp³-hybridized carbons (Fsp3) is 0.812. The zero-order valence-electron chi connectivity index (χ0n) is 14.4. The summed E-state index contributed by atoms with van der Waals surface area (Å²) in [4.78, 5) is 20.2. The summed E-state index contributed by atoms with van der Waals surface area (Å²) in [6.45, 7) is 5.10. The van der Waals surface area contributed by atoms with Crippen LogP contribution in [0.25, 0.3) is 0 Å². The molecule has 0 saturated carbocycles. The minimum absolute atomic E-state index is 0.0487. The molecule has 0 radical (unpaired) electrons. The summed E-state index contributed by atoms with van der Waals surface area (Å²) in [6, 6.07) is 0. The van der Waals surface area contributed by atoms with Gasteiger partial charge in [0.1, 0.15) is 6.61 Å². The van der Waals surface area contributed by atoms with E-state index in [2.05, 4.69) is 15.0 Å². The molecule has 8 heteroatoms. The van der Waals surface area contributed by atoms with Crippen LogP contribution in [0.2, 0.25) is 0 Å². The highest BCUT2D eigenvalue weighted by atomic mass is 16.5. The molecule has 3 rings (SSSR count). The summed E-state index contributed by atoms with van der Waals surface area (Å²) >= 11 is 0. The monoisotopic (exact) mass is 338 g/mol. The molecule has 3 heterocycles. The number of carbonyl (C=O) groups excluding carboxylic acids is 1. The van der Waals surface area contributed by atoms with Crippen LogP contribution in [0.3, 0.4) is 0 Å². The van der Waals surface area contributed by atoms with E-state index < -0.39 is 0 Å². The van der Waals surface area contributed by atoms with Crippen LogP contribution >= 0.6 is 0 Å². The minimum atomic E-state index is 0.0487. The Bertz CT molecular complexity index is 568. The number of methoxy groups -OCH3 is 1. The highest BCUT2D eigenvalue weighted by Gasteiger charge is 2.45. The molecule has 0 unspecified atom stereocenters. The van der Waals surface area contributed by atoms with Crippen LogP contribution in [-0.2, 0) is 9.53 Å². The summed E-state index contributed by atoms with van der Waals surface area (Å²) in [7, 11) is 1.54. The predicted molar refractivity (Wildman–Crippen MR) is 86.6 cm³/mol. The van der Waals surface area contributed by atoms with Crippen LogP contribution in [-0.4, -0.2) is 72.6 Å². The van der Waals surface area contributed by atoms with Crippen LogP contribution in [0.15, 0.2) is 4.52 Å². The first-order valence-corrected chi connectivity index (χ1v) is 8.51. The molecule has 2 saturated heterocycles. The normalized spacial score (nSPS) is 23.7. The molecule has 2 fully saturated rings. The Morgan fingerprint density at radius 1 is 1.38 bits per heavy atom. The van der Waals surface area contributed by atoms with Gasteiger partial charge in [0.25, 0.3) is 5.95 Å². The number of nitrogens with zero attached hydrogens (tertiary/aromatic N) is 4. The van der Waals surface area contributed by atoms with Gasteiger partial charge in [0, 0.05) is 52.7 Å². The van der Waals surface area contributed by atoms with Crippen LogP contribution in [0, 0.1) is 18.3 Å². The molecule has 0 aliphatic carbocycles. The fourth-order valence-corrected chi connectivity index (χ4v) is 4.04. The number of aromatic nitrogens is 2. The molecular formula is C16H26N4O4. The lowest BCUT2D eigenvalue weighted by Crippen LogP contribution is -2.54. The third-order valence-corrected chi connectivity index (χ3v) is 5.59. The number of carbonyl (C=O) groups is 1. The van der Waals surface area contributed by atoms with E-state index in [4.69, 9.17) is 9.26 Å². The Morgan fingerprint density at radius 2 is 2.08 bits per heavy atom. The molecule has 1 aromatic rings. The first-order chi connectivity index (χ1) is 11.6. The summed E-state index contributed by atoms with van der Waals surface area (Å²) in [5.41, 5.74) is 0.0912. The average Bonchev–Trinajstić information content (AvgIpc) is 3.02. The molecule has 8 nitrogen and oxygen atoms in total. The molecule has 24 heavy (non-hydrogen) atoms. The quantitative estimate of drug-likeness (QED) is 0.852. The van der Waals surface area contributed by atoms with Crippen molar-refractivity contribution in [2.24, 2.45) is 11.3 Å². The Kier molecular flexibility index (Phi) is 5.05. The van der Waals surface area contributed by atoms with Crippen LogP contribution < -0.4 is 4.90 Å². The van der Waals surface area contributed by atoms with Crippen molar-refractivity contribution in [3.8, 4) is 0 Å². The number of amides is 1. The number of hydrogen-bond donors (Lipinski definition) is 1. The zero-order chi connectivity index (χ0) is 17.2. The Balaban J connectivity index is 1.64. The second kappa shape index (κ2) is 7.06. The van der Waals surface area contributed by atoms with E-state index >= 15 is 0 Å². The highest BCUT2D eigenvalue weighted by Crippen LogP contribution is 2.45. The minimum Gasteiger partial charge on any atom is -0.396 e. The van der Waals surface area contributed by atoms with Gasteiger partial charge in [-0.25, -0.2) is 0 Å². The number of anilines is 1. The average molecular weight is 338 g/mol. The Morgan fingerprint density at radius 3 is 2.67 bits per heavy atom. The van der Waals surface area contributed by atoms with Crippen molar-refractivity contribution in [1.82, 2.24) is 15.0 Å². The second-order valence-electron chi connectivity index (χ2n) is 6.87. The van der Waals surface area contributed by atoms with Gasteiger partial charge in [-0.2, -0.15) is 4.98 Å². The van der Waals surface area contributed by atoms with Gasteiger partial charge in [0.2, 0.25) is 11.8 Å². The summed E-state index contributed by atoms with van der Waals surface area (Å²) < 4.78 is 10.0. The van der Waals surface area contributed by atoms with Gasteiger partial charge in [0.05, 0.1) is 0 Å². The number of likely N-dealkylation sites (tertiary alicyclic amines) is 1. The molecule has 2 aliphatic rings. The number of aryl methyl sites for hydroxylation is 1. The van der Waals surface area contributed by atoms with Crippen LogP contribution in [0.1, 0.15) is 25.2 Å². The van der Waals surface area contributed by atoms with E-state index in [1.54, 1.807) is 14.0 Å². The first-order valence-electron chi connectivity index (χ1n) is 8.51. The van der Waals surface area contributed by atoms with E-state index in [0.29, 0.717) is 11.8 Å². The SMILES string of the molecule is COCC(=O)N1CCC2(CC1)CCN(c1noc(C)n1)C[C@@H]2CO. The topological polar surface area (TPSA) is 91.9 Å². The van der Waals surface area contributed by atoms with E-state index in [9.17, 15) is 9.90 Å². The fourth-order valence-electron chi connectivity index (χ4n) is 4.04. The van der Waals surface area contributed by atoms with Crippen molar-refractivity contribution in [2.75, 3.05) is 51.4 Å². The molecule has 2 aliphatic heterocycles. The summed E-state index contributed by atoms with van der Waals surface area (Å²) in [6.07, 6.45) is 2.82. The number of aliphatic hydroxyl groups excluding tert-OH is 1. The van der Waals surface area contributed by atoms with Crippen molar-refractivity contribution in [3.05, 3.63) is 5.89 Å². The molecule has 1 amide bonds. The number of aliphatic hydroxyl groups is 1. The van der Waals surface area contributed by atoms with E-state index in [-0.39, 0.29) is 30.5 Å². The largest absolute Gasteiger partial charge is 0.396 e. The van der Waals surface area contributed by atoms with Crippen molar-refractivity contribution in [1.29, 1.82) is 0 Å². The molecule has 0 aromatic carbocycles. The van der Waals surface area contributed by atoms with Gasteiger partial charge in [-0.15, -0.1) is 0 Å². The summed E-state index contributed by atoms with van der Waals surface area (Å²) in [5.74, 6) is 1.36. The standard InChI is InChI=1S/C16H26N4O4/c1-12-17-15(18-24-12)20-8-5-16(13(9-20)10-21)3-6-19(7-4-16)14(22)11-23-2/h13,21H,3-11H2,1-2H3/t13-/m1/s1. The van der Waals surface area contributed by atoms with Gasteiger partial charge < -0.3 is 24.2 Å². The number of piperidine rings is 2. The first kappa shape index (κ1) is 17.2. The van der Waals surface area contributed by atoms with Crippen LogP contribution in [0.5, 0.6) is 0 Å². The van der Waals surface area contributed by atoms with Crippen molar-refractivity contribution in [2.45, 2.75) is 26.2 Å². The van der Waals surface area contributed by atoms with Gasteiger partial charge >= 0.3 is 0 Å². The molecule has 134 valence electrons. The lowest BCUT2D eigenvalue weighted by atomic mass is 9.64. The maximum Gasteiger partial charge on any atom is 0.266 e. The van der Waals surface area contributed by atoms with Crippen molar-refractivity contribution < 1.29 is 19.2 Å². The smallest absolute Gasteiger partial charge is 0.266 e. The van der Waals surface area contributed by atoms with E-state index in [1.807, 2.05) is 4.90 Å². The second-order valence-corrected chi connectivity index (χ2v) is 6.87. The molecular weight excluding hydrogens is 312 g/mol. The third kappa shape index (κ3) is 3.25. The van der Waals surface area contributed by atoms with Crippen LogP contribution in [0.4, 0.5) is 5.95 Å². The predicted octanol–water partition coefficient (Wildman–Crippen LogP) is 0.452. The number of ether oxygens (including phenoxy) is 1.